The first-order valence-corrected chi connectivity index (χ1v) is 14.0. The van der Waals surface area contributed by atoms with E-state index in [0.717, 1.165) is 5.56 Å². The predicted octanol–water partition coefficient (Wildman–Crippen LogP) is 3.61. The lowest BCUT2D eigenvalue weighted by Crippen LogP contribution is -2.33. The van der Waals surface area contributed by atoms with Gasteiger partial charge in [-0.25, -0.2) is 15.0 Å². The molecule has 0 amide bonds. The van der Waals surface area contributed by atoms with Gasteiger partial charge in [0.05, 0.1) is 25.6 Å². The molecule has 4 heterocycles. The van der Waals surface area contributed by atoms with E-state index in [4.69, 9.17) is 23.5 Å². The topological polar surface area (TPSA) is 139 Å². The summed E-state index contributed by atoms with van der Waals surface area (Å²) >= 11 is 0. The Morgan fingerprint density at radius 1 is 1.19 bits per heavy atom. The Bertz CT molecular complexity index is 1270. The molecule has 3 aromatic rings. The molecule has 37 heavy (non-hydrogen) atoms. The third-order valence-corrected chi connectivity index (χ3v) is 7.45. The van der Waals surface area contributed by atoms with Gasteiger partial charge in [-0.1, -0.05) is 30.3 Å². The van der Waals surface area contributed by atoms with Crippen molar-refractivity contribution in [2.75, 3.05) is 24.9 Å². The van der Waals surface area contributed by atoms with Crippen LogP contribution in [0.25, 0.3) is 11.2 Å². The van der Waals surface area contributed by atoms with Crippen LogP contribution < -0.4 is 5.32 Å². The molecule has 2 saturated heterocycles. The van der Waals surface area contributed by atoms with Gasteiger partial charge in [0.1, 0.15) is 31.0 Å². The Morgan fingerprint density at radius 3 is 2.70 bits per heavy atom. The molecule has 2 unspecified atom stereocenters. The minimum atomic E-state index is -3.83. The van der Waals surface area contributed by atoms with E-state index < -0.39 is 44.3 Å². The van der Waals surface area contributed by atoms with Crippen LogP contribution in [0.4, 0.5) is 5.82 Å². The molecule has 0 spiro atoms. The molecule has 0 bridgehead atoms. The van der Waals surface area contributed by atoms with E-state index in [1.54, 1.807) is 17.8 Å². The molecule has 13 heteroatoms. The number of nitrogens with zero attached hydrogens (tertiary/aromatic N) is 4. The Morgan fingerprint density at radius 2 is 1.95 bits per heavy atom. The molecule has 2 aliphatic rings. The number of hydrogen-bond donors (Lipinski definition) is 2. The molecular weight excluding hydrogens is 501 g/mol. The number of anilines is 1. The Labute approximate surface area is 214 Å². The van der Waals surface area contributed by atoms with Gasteiger partial charge in [-0.2, -0.15) is 0 Å². The highest BCUT2D eigenvalue weighted by Gasteiger charge is 2.56. The first kappa shape index (κ1) is 26.2. The van der Waals surface area contributed by atoms with Crippen molar-refractivity contribution in [3.8, 4) is 0 Å². The number of benzene rings is 1. The van der Waals surface area contributed by atoms with E-state index in [2.05, 4.69) is 27.2 Å². The zero-order valence-electron chi connectivity index (χ0n) is 21.2. The van der Waals surface area contributed by atoms with E-state index in [0.29, 0.717) is 17.0 Å². The first-order valence-electron chi connectivity index (χ1n) is 12.2. The van der Waals surface area contributed by atoms with Crippen LogP contribution in [0.2, 0.25) is 0 Å². The van der Waals surface area contributed by atoms with E-state index in [9.17, 15) is 9.46 Å². The van der Waals surface area contributed by atoms with Crippen molar-refractivity contribution in [1.82, 2.24) is 19.5 Å². The Hall–Kier alpha value is -2.44. The van der Waals surface area contributed by atoms with Crippen molar-refractivity contribution in [2.24, 2.45) is 0 Å². The second-order valence-electron chi connectivity index (χ2n) is 9.51. The van der Waals surface area contributed by atoms with Crippen LogP contribution in [0.5, 0.6) is 0 Å². The fourth-order valence-corrected chi connectivity index (χ4v) is 5.53. The summed E-state index contributed by atoms with van der Waals surface area (Å²) in [6.07, 6.45) is 0.609. The van der Waals surface area contributed by atoms with Crippen LogP contribution in [-0.2, 0) is 28.0 Å². The maximum atomic E-state index is 12.0. The van der Waals surface area contributed by atoms with Crippen molar-refractivity contribution in [2.45, 2.75) is 64.1 Å². The second kappa shape index (κ2) is 10.4. The van der Waals surface area contributed by atoms with Gasteiger partial charge in [0.25, 0.3) is 0 Å². The summed E-state index contributed by atoms with van der Waals surface area (Å²) in [4.78, 5) is 23.3. The van der Waals surface area contributed by atoms with E-state index in [1.807, 2.05) is 44.2 Å². The number of ether oxygens (including phenoxy) is 4. The molecule has 2 N–H and O–H groups in total. The fourth-order valence-electron chi connectivity index (χ4n) is 4.71. The average molecular weight is 534 g/mol. The molecule has 6 atom stereocenters. The minimum Gasteiger partial charge on any atom is -0.366 e. The van der Waals surface area contributed by atoms with Gasteiger partial charge in [-0.3, -0.25) is 9.13 Å². The zero-order valence-corrected chi connectivity index (χ0v) is 22.1. The summed E-state index contributed by atoms with van der Waals surface area (Å²) < 4.78 is 42.8. The fraction of sp³-hybridized carbons (Fsp3) is 0.542. The third kappa shape index (κ3) is 5.56. The maximum absolute atomic E-state index is 12.0. The SMILES string of the molecule is CCOP(=O)(O)COC[C@H]1O[C@@H](n2cnc3c(NC(C)c4ccccc4)ncnc32)[C@@H]2OC(C)(C)O[C@@H]21. The zero-order chi connectivity index (χ0) is 26.2. The molecule has 2 aliphatic heterocycles. The van der Waals surface area contributed by atoms with Crippen LogP contribution in [0, 0.1) is 0 Å². The lowest BCUT2D eigenvalue weighted by Gasteiger charge is -2.25. The predicted molar refractivity (Wildman–Crippen MR) is 134 cm³/mol. The van der Waals surface area contributed by atoms with Crippen LogP contribution in [0.1, 0.15) is 45.5 Å². The summed E-state index contributed by atoms with van der Waals surface area (Å²) in [5.74, 6) is -0.232. The number of imidazole rings is 1. The number of aromatic nitrogens is 4. The lowest BCUT2D eigenvalue weighted by atomic mass is 10.1. The quantitative estimate of drug-likeness (QED) is 0.370. The molecule has 1 aromatic carbocycles. The summed E-state index contributed by atoms with van der Waals surface area (Å²) in [7, 11) is -3.83. The van der Waals surface area contributed by atoms with Gasteiger partial charge in [0.15, 0.2) is 29.0 Å². The summed E-state index contributed by atoms with van der Waals surface area (Å²) in [5.41, 5.74) is 2.29. The molecule has 0 saturated carbocycles. The minimum absolute atomic E-state index is 0.00430. The highest BCUT2D eigenvalue weighted by molar-refractivity contribution is 7.52. The van der Waals surface area contributed by atoms with Gasteiger partial charge in [0.2, 0.25) is 0 Å². The monoisotopic (exact) mass is 533 g/mol. The number of nitrogens with one attached hydrogen (secondary N) is 1. The third-order valence-electron chi connectivity index (χ3n) is 6.28. The van der Waals surface area contributed by atoms with Crippen molar-refractivity contribution in [3.05, 3.63) is 48.5 Å². The van der Waals surface area contributed by atoms with E-state index in [1.165, 1.54) is 6.33 Å². The van der Waals surface area contributed by atoms with Crippen LogP contribution >= 0.6 is 7.60 Å². The highest BCUT2D eigenvalue weighted by atomic mass is 31.2. The molecule has 5 rings (SSSR count). The molecule has 0 aliphatic carbocycles. The largest absolute Gasteiger partial charge is 0.366 e. The highest BCUT2D eigenvalue weighted by Crippen LogP contribution is 2.45. The molecule has 2 fully saturated rings. The number of rotatable bonds is 10. The molecular formula is C24H32N5O7P. The second-order valence-corrected chi connectivity index (χ2v) is 11.3. The van der Waals surface area contributed by atoms with Crippen molar-refractivity contribution >= 4 is 24.6 Å². The van der Waals surface area contributed by atoms with Gasteiger partial charge in [-0.05, 0) is 33.3 Å². The number of fused-ring (bicyclic) bond motifs is 2. The van der Waals surface area contributed by atoms with Gasteiger partial charge >= 0.3 is 7.60 Å². The maximum Gasteiger partial charge on any atom is 0.353 e. The smallest absolute Gasteiger partial charge is 0.353 e. The normalized spacial score (nSPS) is 27.2. The summed E-state index contributed by atoms with van der Waals surface area (Å²) in [6, 6.07) is 10.1. The van der Waals surface area contributed by atoms with E-state index >= 15 is 0 Å². The van der Waals surface area contributed by atoms with Crippen LogP contribution in [0.15, 0.2) is 43.0 Å². The Balaban J connectivity index is 1.37. The Kier molecular flexibility index (Phi) is 7.34. The van der Waals surface area contributed by atoms with Crippen molar-refractivity contribution in [1.29, 1.82) is 0 Å². The van der Waals surface area contributed by atoms with Crippen molar-refractivity contribution < 1.29 is 32.9 Å². The summed E-state index contributed by atoms with van der Waals surface area (Å²) in [5, 5.41) is 3.42. The number of hydrogen-bond acceptors (Lipinski definition) is 10. The first-order chi connectivity index (χ1) is 17.7. The average Bonchev–Trinajstić information content (AvgIpc) is 3.51. The standard InChI is InChI=1S/C24H32N5O7P/c1-5-33-37(30,31)14-32-11-17-19-20(36-24(3,4)35-19)23(34-17)29-13-27-18-21(25-12-26-22(18)29)28-15(2)16-9-7-6-8-10-16/h6-10,12-13,15,17,19-20,23H,5,11,14H2,1-4H3,(H,30,31)(H,25,26,28)/t15?,17-,19-,20-,23-/m1/s1. The molecule has 0 radical (unpaired) electrons. The molecule has 2 aromatic heterocycles. The molecule has 200 valence electrons. The van der Waals surface area contributed by atoms with Gasteiger partial charge in [0, 0.05) is 0 Å². The summed E-state index contributed by atoms with van der Waals surface area (Å²) in [6.45, 7) is 7.50. The van der Waals surface area contributed by atoms with Crippen LogP contribution in [-0.4, -0.2) is 68.1 Å². The van der Waals surface area contributed by atoms with Crippen molar-refractivity contribution in [3.63, 3.8) is 0 Å². The van der Waals surface area contributed by atoms with Gasteiger partial charge < -0.3 is 33.7 Å². The van der Waals surface area contributed by atoms with Gasteiger partial charge in [-0.15, -0.1) is 0 Å². The molecule has 12 nitrogen and oxygen atoms in total. The van der Waals surface area contributed by atoms with Crippen LogP contribution in [0.3, 0.4) is 0 Å². The lowest BCUT2D eigenvalue weighted by molar-refractivity contribution is -0.201. The van der Waals surface area contributed by atoms with E-state index in [-0.39, 0.29) is 19.3 Å².